The largest absolute Gasteiger partial charge is 0.493 e. The minimum absolute atomic E-state index is 0.327. The molecule has 28 heavy (non-hydrogen) atoms. The molecule has 0 aromatic heterocycles. The highest BCUT2D eigenvalue weighted by atomic mass is 35.5. The molecule has 1 aliphatic rings. The summed E-state index contributed by atoms with van der Waals surface area (Å²) in [6, 6.07) is 11.8. The van der Waals surface area contributed by atoms with Crippen LogP contribution in [0.4, 0.5) is 4.79 Å². The smallest absolute Gasteiger partial charge is 0.346 e. The molecule has 7 nitrogen and oxygen atoms in total. The molecule has 0 spiro atoms. The summed E-state index contributed by atoms with van der Waals surface area (Å²) < 4.78 is 10.4. The van der Waals surface area contributed by atoms with Crippen LogP contribution in [-0.4, -0.2) is 37.4 Å². The summed E-state index contributed by atoms with van der Waals surface area (Å²) in [5.74, 6) is 0.375. The van der Waals surface area contributed by atoms with Crippen LogP contribution in [0.25, 0.3) is 0 Å². The van der Waals surface area contributed by atoms with E-state index in [1.54, 1.807) is 12.1 Å². The summed E-state index contributed by atoms with van der Waals surface area (Å²) in [5.41, 5.74) is 0.130. The molecular weight excluding hydrogens is 382 g/mol. The Morgan fingerprint density at radius 2 is 1.89 bits per heavy atom. The number of carbonyl (C=O) groups is 2. The number of amides is 3. The van der Waals surface area contributed by atoms with Gasteiger partial charge in [0.2, 0.25) is 0 Å². The molecule has 8 heteroatoms. The van der Waals surface area contributed by atoms with Gasteiger partial charge in [-0.2, -0.15) is 5.10 Å². The molecule has 0 saturated carbocycles. The number of methoxy groups -OCH3 is 2. The molecule has 0 aliphatic carbocycles. The molecule has 1 N–H and O–H groups in total. The highest BCUT2D eigenvalue weighted by Crippen LogP contribution is 2.36. The van der Waals surface area contributed by atoms with Gasteiger partial charge in [-0.1, -0.05) is 48.9 Å². The molecule has 1 saturated heterocycles. The van der Waals surface area contributed by atoms with E-state index in [0.717, 1.165) is 5.01 Å². The Balaban J connectivity index is 1.92. The maximum atomic E-state index is 13.0. The predicted octanol–water partition coefficient (Wildman–Crippen LogP) is 3.55. The van der Waals surface area contributed by atoms with Gasteiger partial charge in [0.05, 0.1) is 25.5 Å². The zero-order chi connectivity index (χ0) is 20.3. The molecule has 1 aliphatic heterocycles. The van der Waals surface area contributed by atoms with Crippen LogP contribution < -0.4 is 14.8 Å². The van der Waals surface area contributed by atoms with E-state index in [4.69, 9.17) is 21.1 Å². The number of hydrazone groups is 1. The average Bonchev–Trinajstić information content (AvgIpc) is 2.96. The van der Waals surface area contributed by atoms with Crippen LogP contribution in [0.3, 0.4) is 0 Å². The first-order chi connectivity index (χ1) is 13.5. The Kier molecular flexibility index (Phi) is 5.56. The zero-order valence-corrected chi connectivity index (χ0v) is 16.5. The highest BCUT2D eigenvalue weighted by molar-refractivity contribution is 6.32. The predicted molar refractivity (Wildman–Crippen MR) is 106 cm³/mol. The van der Waals surface area contributed by atoms with E-state index in [1.807, 2.05) is 37.3 Å². The van der Waals surface area contributed by atoms with Crippen LogP contribution in [0.2, 0.25) is 5.02 Å². The fourth-order valence-corrected chi connectivity index (χ4v) is 3.46. The summed E-state index contributed by atoms with van der Waals surface area (Å²) in [6.07, 6.45) is 1.78. The number of rotatable bonds is 6. The van der Waals surface area contributed by atoms with Crippen LogP contribution >= 0.6 is 11.6 Å². The second kappa shape index (κ2) is 7.90. The molecule has 0 radical (unpaired) electrons. The normalized spacial score (nSPS) is 19.2. The van der Waals surface area contributed by atoms with Crippen molar-refractivity contribution in [3.05, 3.63) is 58.6 Å². The van der Waals surface area contributed by atoms with Crippen LogP contribution in [0.5, 0.6) is 11.5 Å². The molecule has 1 heterocycles. The molecule has 146 valence electrons. The SMILES string of the molecule is CC[C@]1(c2ccccc2)NC(=O)N(/N=C\c2cc(Cl)c(OC)c(OC)c2)C1=O. The van der Waals surface area contributed by atoms with Gasteiger partial charge in [-0.25, -0.2) is 4.79 Å². The number of ether oxygens (including phenoxy) is 2. The van der Waals surface area contributed by atoms with Gasteiger partial charge in [-0.15, -0.1) is 5.01 Å². The molecule has 2 aromatic carbocycles. The van der Waals surface area contributed by atoms with Gasteiger partial charge in [0, 0.05) is 0 Å². The second-order valence-corrected chi connectivity index (χ2v) is 6.56. The van der Waals surface area contributed by atoms with Crippen molar-refractivity contribution in [1.82, 2.24) is 10.3 Å². The molecule has 3 rings (SSSR count). The van der Waals surface area contributed by atoms with E-state index < -0.39 is 17.5 Å². The van der Waals surface area contributed by atoms with E-state index >= 15 is 0 Å². The van der Waals surface area contributed by atoms with Gasteiger partial charge < -0.3 is 14.8 Å². The van der Waals surface area contributed by atoms with Crippen molar-refractivity contribution in [1.29, 1.82) is 0 Å². The highest BCUT2D eigenvalue weighted by Gasteiger charge is 2.51. The first kappa shape index (κ1) is 19.7. The van der Waals surface area contributed by atoms with E-state index in [1.165, 1.54) is 20.4 Å². The van der Waals surface area contributed by atoms with E-state index in [0.29, 0.717) is 34.1 Å². The van der Waals surface area contributed by atoms with Crippen molar-refractivity contribution in [3.8, 4) is 11.5 Å². The number of imide groups is 1. The maximum Gasteiger partial charge on any atom is 0.346 e. The number of halogens is 1. The van der Waals surface area contributed by atoms with Crippen molar-refractivity contribution in [3.63, 3.8) is 0 Å². The molecule has 3 amide bonds. The van der Waals surface area contributed by atoms with Gasteiger partial charge in [0.25, 0.3) is 5.91 Å². The van der Waals surface area contributed by atoms with Crippen LogP contribution in [0.1, 0.15) is 24.5 Å². The van der Waals surface area contributed by atoms with Gasteiger partial charge in [0.1, 0.15) is 5.54 Å². The van der Waals surface area contributed by atoms with E-state index in [2.05, 4.69) is 10.4 Å². The topological polar surface area (TPSA) is 80.2 Å². The summed E-state index contributed by atoms with van der Waals surface area (Å²) in [5, 5.41) is 8.02. The number of carbonyl (C=O) groups excluding carboxylic acids is 2. The molecule has 0 unspecified atom stereocenters. The van der Waals surface area contributed by atoms with Gasteiger partial charge in [-0.3, -0.25) is 4.79 Å². The Labute approximate surface area is 167 Å². The lowest BCUT2D eigenvalue weighted by Crippen LogP contribution is -2.43. The average molecular weight is 402 g/mol. The molecule has 0 bridgehead atoms. The lowest BCUT2D eigenvalue weighted by atomic mass is 9.87. The van der Waals surface area contributed by atoms with Gasteiger partial charge in [0.15, 0.2) is 11.5 Å². The first-order valence-electron chi connectivity index (χ1n) is 8.64. The summed E-state index contributed by atoms with van der Waals surface area (Å²) >= 11 is 6.19. The summed E-state index contributed by atoms with van der Waals surface area (Å²) in [4.78, 5) is 25.5. The van der Waals surface area contributed by atoms with Crippen molar-refractivity contribution in [2.24, 2.45) is 5.10 Å². The molecule has 2 aromatic rings. The third-order valence-corrected chi connectivity index (χ3v) is 4.93. The number of hydrogen-bond acceptors (Lipinski definition) is 5. The lowest BCUT2D eigenvalue weighted by Gasteiger charge is -2.24. The summed E-state index contributed by atoms with van der Waals surface area (Å²) in [7, 11) is 2.97. The summed E-state index contributed by atoms with van der Waals surface area (Å²) in [6.45, 7) is 1.84. The Morgan fingerprint density at radius 3 is 2.50 bits per heavy atom. The van der Waals surface area contributed by atoms with Crippen molar-refractivity contribution < 1.29 is 19.1 Å². The fourth-order valence-electron chi connectivity index (χ4n) is 3.17. The first-order valence-corrected chi connectivity index (χ1v) is 9.02. The van der Waals surface area contributed by atoms with Crippen molar-refractivity contribution >= 4 is 29.8 Å². The third kappa shape index (κ3) is 3.29. The Bertz CT molecular complexity index is 933. The molecule has 1 fully saturated rings. The van der Waals surface area contributed by atoms with E-state index in [-0.39, 0.29) is 0 Å². The molecular formula is C20H20ClN3O4. The van der Waals surface area contributed by atoms with Gasteiger partial charge >= 0.3 is 6.03 Å². The number of nitrogens with zero attached hydrogens (tertiary/aromatic N) is 2. The second-order valence-electron chi connectivity index (χ2n) is 6.15. The quantitative estimate of drug-likeness (QED) is 0.593. The zero-order valence-electron chi connectivity index (χ0n) is 15.7. The Hall–Kier alpha value is -3.06. The molecule has 1 atom stereocenters. The standard InChI is InChI=1S/C20H20ClN3O4/c1-4-20(14-8-6-5-7-9-14)18(25)24(19(26)23-20)22-12-13-10-15(21)17(28-3)16(11-13)27-2/h5-12H,4H2,1-3H3,(H,23,26)/b22-12-/t20-/m1/s1. The van der Waals surface area contributed by atoms with Gasteiger partial charge in [-0.05, 0) is 29.7 Å². The Morgan fingerprint density at radius 1 is 1.18 bits per heavy atom. The van der Waals surface area contributed by atoms with Crippen LogP contribution in [0, 0.1) is 0 Å². The van der Waals surface area contributed by atoms with Crippen LogP contribution in [0.15, 0.2) is 47.6 Å². The van der Waals surface area contributed by atoms with Crippen LogP contribution in [-0.2, 0) is 10.3 Å². The minimum Gasteiger partial charge on any atom is -0.493 e. The monoisotopic (exact) mass is 401 g/mol. The minimum atomic E-state index is -1.13. The van der Waals surface area contributed by atoms with Crippen molar-refractivity contribution in [2.75, 3.05) is 14.2 Å². The van der Waals surface area contributed by atoms with Crippen molar-refractivity contribution in [2.45, 2.75) is 18.9 Å². The maximum absolute atomic E-state index is 13.0. The van der Waals surface area contributed by atoms with E-state index in [9.17, 15) is 9.59 Å². The third-order valence-electron chi connectivity index (χ3n) is 4.65. The fraction of sp³-hybridized carbons (Fsp3) is 0.250. The number of urea groups is 1. The number of benzene rings is 2. The lowest BCUT2D eigenvalue weighted by molar-refractivity contribution is -0.131. The number of nitrogens with one attached hydrogen (secondary N) is 1. The number of hydrogen-bond donors (Lipinski definition) is 1.